The van der Waals surface area contributed by atoms with Crippen molar-refractivity contribution in [2.75, 3.05) is 32.8 Å². The normalized spacial score (nSPS) is 10.3. The molecule has 22 heavy (non-hydrogen) atoms. The molecule has 0 atom stereocenters. The molecule has 6 nitrogen and oxygen atoms in total. The minimum Gasteiger partial charge on any atom is -0.497 e. The summed E-state index contributed by atoms with van der Waals surface area (Å²) in [6, 6.07) is 9.67. The second kappa shape index (κ2) is 8.19. The van der Waals surface area contributed by atoms with E-state index in [9.17, 15) is 0 Å². The van der Waals surface area contributed by atoms with Crippen molar-refractivity contribution in [2.24, 2.45) is 0 Å². The van der Waals surface area contributed by atoms with E-state index in [0.29, 0.717) is 31.5 Å². The maximum Gasteiger partial charge on any atom is 0.218 e. The standard InChI is InChI=1S/C16H21N3O3/c1-12-18-15(10-16(19-12)22-9-8-20-2)17-11-13-4-6-14(21-3)7-5-13/h4-7,10H,8-9,11H2,1-3H3,(H,17,18,19). The third kappa shape index (κ3) is 4.89. The maximum absolute atomic E-state index is 5.52. The maximum atomic E-state index is 5.52. The number of aromatic nitrogens is 2. The zero-order valence-corrected chi connectivity index (χ0v) is 13.1. The topological polar surface area (TPSA) is 65.5 Å². The van der Waals surface area contributed by atoms with Gasteiger partial charge in [0.05, 0.1) is 13.7 Å². The number of rotatable bonds is 8. The summed E-state index contributed by atoms with van der Waals surface area (Å²) in [5, 5.41) is 3.27. The van der Waals surface area contributed by atoms with Gasteiger partial charge in [-0.2, -0.15) is 4.98 Å². The Morgan fingerprint density at radius 3 is 2.50 bits per heavy atom. The molecule has 1 heterocycles. The predicted octanol–water partition coefficient (Wildman–Crippen LogP) is 2.43. The number of hydrogen-bond acceptors (Lipinski definition) is 6. The van der Waals surface area contributed by atoms with Crippen LogP contribution in [0.15, 0.2) is 30.3 Å². The minimum atomic E-state index is 0.463. The number of nitrogens with zero attached hydrogens (tertiary/aromatic N) is 2. The molecule has 0 bridgehead atoms. The molecule has 0 amide bonds. The van der Waals surface area contributed by atoms with Gasteiger partial charge in [-0.15, -0.1) is 0 Å². The Morgan fingerprint density at radius 1 is 1.05 bits per heavy atom. The van der Waals surface area contributed by atoms with Gasteiger partial charge in [0, 0.05) is 19.7 Å². The van der Waals surface area contributed by atoms with Crippen molar-refractivity contribution >= 4 is 5.82 Å². The van der Waals surface area contributed by atoms with E-state index in [1.807, 2.05) is 31.2 Å². The SMILES string of the molecule is COCCOc1cc(NCc2ccc(OC)cc2)nc(C)n1. The van der Waals surface area contributed by atoms with Gasteiger partial charge in [0.15, 0.2) is 0 Å². The zero-order chi connectivity index (χ0) is 15.8. The van der Waals surface area contributed by atoms with Gasteiger partial charge in [0.1, 0.15) is 24.0 Å². The monoisotopic (exact) mass is 303 g/mol. The first-order chi connectivity index (χ1) is 10.7. The van der Waals surface area contributed by atoms with Crippen LogP contribution in [0.3, 0.4) is 0 Å². The summed E-state index contributed by atoms with van der Waals surface area (Å²) in [4.78, 5) is 8.59. The summed E-state index contributed by atoms with van der Waals surface area (Å²) in [7, 11) is 3.29. The van der Waals surface area contributed by atoms with E-state index in [1.54, 1.807) is 20.3 Å². The molecule has 0 saturated heterocycles. The van der Waals surface area contributed by atoms with Crippen LogP contribution in [0.1, 0.15) is 11.4 Å². The lowest BCUT2D eigenvalue weighted by Crippen LogP contribution is -2.08. The summed E-state index contributed by atoms with van der Waals surface area (Å²) in [6.45, 7) is 3.49. The van der Waals surface area contributed by atoms with E-state index in [4.69, 9.17) is 14.2 Å². The first-order valence-electron chi connectivity index (χ1n) is 7.05. The van der Waals surface area contributed by atoms with E-state index in [-0.39, 0.29) is 0 Å². The van der Waals surface area contributed by atoms with Crippen LogP contribution in [0.4, 0.5) is 5.82 Å². The number of nitrogens with one attached hydrogen (secondary N) is 1. The largest absolute Gasteiger partial charge is 0.497 e. The summed E-state index contributed by atoms with van der Waals surface area (Å²) in [5.41, 5.74) is 1.14. The molecule has 2 rings (SSSR count). The highest BCUT2D eigenvalue weighted by atomic mass is 16.5. The van der Waals surface area contributed by atoms with Crippen LogP contribution in [-0.2, 0) is 11.3 Å². The Balaban J connectivity index is 1.96. The Morgan fingerprint density at radius 2 is 1.82 bits per heavy atom. The average molecular weight is 303 g/mol. The second-order valence-corrected chi connectivity index (χ2v) is 4.68. The first-order valence-corrected chi connectivity index (χ1v) is 7.05. The van der Waals surface area contributed by atoms with E-state index < -0.39 is 0 Å². The number of anilines is 1. The van der Waals surface area contributed by atoms with Crippen molar-refractivity contribution in [1.29, 1.82) is 0 Å². The number of methoxy groups -OCH3 is 2. The van der Waals surface area contributed by atoms with Gasteiger partial charge in [-0.25, -0.2) is 4.98 Å². The smallest absolute Gasteiger partial charge is 0.218 e. The van der Waals surface area contributed by atoms with Gasteiger partial charge >= 0.3 is 0 Å². The molecule has 0 unspecified atom stereocenters. The second-order valence-electron chi connectivity index (χ2n) is 4.68. The quantitative estimate of drug-likeness (QED) is 0.756. The summed E-state index contributed by atoms with van der Waals surface area (Å²) in [6.07, 6.45) is 0. The van der Waals surface area contributed by atoms with Crippen LogP contribution in [0.25, 0.3) is 0 Å². The van der Waals surface area contributed by atoms with Gasteiger partial charge < -0.3 is 19.5 Å². The highest BCUT2D eigenvalue weighted by Gasteiger charge is 2.03. The van der Waals surface area contributed by atoms with Crippen LogP contribution in [0.5, 0.6) is 11.6 Å². The molecule has 0 aliphatic heterocycles. The molecule has 2 aromatic rings. The predicted molar refractivity (Wildman–Crippen MR) is 84.5 cm³/mol. The highest BCUT2D eigenvalue weighted by Crippen LogP contribution is 2.16. The molecule has 6 heteroatoms. The Bertz CT molecular complexity index is 588. The van der Waals surface area contributed by atoms with E-state index in [2.05, 4.69) is 15.3 Å². The molecular formula is C16H21N3O3. The molecule has 0 spiro atoms. The third-order valence-corrected chi connectivity index (χ3v) is 2.98. The lowest BCUT2D eigenvalue weighted by atomic mass is 10.2. The highest BCUT2D eigenvalue weighted by molar-refractivity contribution is 5.39. The minimum absolute atomic E-state index is 0.463. The Kier molecular flexibility index (Phi) is 5.97. The van der Waals surface area contributed by atoms with Crippen LogP contribution in [0, 0.1) is 6.92 Å². The summed E-state index contributed by atoms with van der Waals surface area (Å²) in [5.74, 6) is 2.78. The molecule has 0 radical (unpaired) electrons. The fourth-order valence-corrected chi connectivity index (χ4v) is 1.87. The average Bonchev–Trinajstić information content (AvgIpc) is 2.53. The molecule has 1 aromatic heterocycles. The number of aryl methyl sites for hydroxylation is 1. The molecular weight excluding hydrogens is 282 g/mol. The van der Waals surface area contributed by atoms with Crippen LogP contribution < -0.4 is 14.8 Å². The van der Waals surface area contributed by atoms with Crippen LogP contribution >= 0.6 is 0 Å². The number of hydrogen-bond donors (Lipinski definition) is 1. The lowest BCUT2D eigenvalue weighted by molar-refractivity contribution is 0.143. The van der Waals surface area contributed by atoms with E-state index in [0.717, 1.165) is 17.1 Å². The van der Waals surface area contributed by atoms with Gasteiger partial charge in [-0.05, 0) is 24.6 Å². The molecule has 118 valence electrons. The van der Waals surface area contributed by atoms with Gasteiger partial charge in [-0.3, -0.25) is 0 Å². The first kappa shape index (κ1) is 16.0. The molecule has 0 saturated carbocycles. The molecule has 0 fully saturated rings. The number of ether oxygens (including phenoxy) is 3. The molecule has 1 N–H and O–H groups in total. The van der Waals surface area contributed by atoms with Crippen LogP contribution in [0.2, 0.25) is 0 Å². The molecule has 1 aromatic carbocycles. The van der Waals surface area contributed by atoms with Gasteiger partial charge in [0.25, 0.3) is 0 Å². The van der Waals surface area contributed by atoms with Gasteiger partial charge in [-0.1, -0.05) is 12.1 Å². The van der Waals surface area contributed by atoms with Crippen molar-refractivity contribution in [3.05, 3.63) is 41.7 Å². The molecule has 0 aliphatic rings. The van der Waals surface area contributed by atoms with Crippen LogP contribution in [-0.4, -0.2) is 37.4 Å². The third-order valence-electron chi connectivity index (χ3n) is 2.98. The number of benzene rings is 1. The van der Waals surface area contributed by atoms with Crippen molar-refractivity contribution in [1.82, 2.24) is 9.97 Å². The van der Waals surface area contributed by atoms with Gasteiger partial charge in [0.2, 0.25) is 5.88 Å². The van der Waals surface area contributed by atoms with Crippen molar-refractivity contribution in [3.8, 4) is 11.6 Å². The Labute approximate surface area is 130 Å². The lowest BCUT2D eigenvalue weighted by Gasteiger charge is -2.10. The molecule has 0 aliphatic carbocycles. The van der Waals surface area contributed by atoms with Crippen molar-refractivity contribution in [3.63, 3.8) is 0 Å². The van der Waals surface area contributed by atoms with Crippen molar-refractivity contribution in [2.45, 2.75) is 13.5 Å². The summed E-state index contributed by atoms with van der Waals surface area (Å²) < 4.78 is 15.6. The van der Waals surface area contributed by atoms with E-state index in [1.165, 1.54) is 0 Å². The Hall–Kier alpha value is -2.34. The zero-order valence-electron chi connectivity index (χ0n) is 13.1. The summed E-state index contributed by atoms with van der Waals surface area (Å²) >= 11 is 0. The fraction of sp³-hybridized carbons (Fsp3) is 0.375. The van der Waals surface area contributed by atoms with E-state index >= 15 is 0 Å². The van der Waals surface area contributed by atoms with Crippen molar-refractivity contribution < 1.29 is 14.2 Å². The fourth-order valence-electron chi connectivity index (χ4n) is 1.87.